The average molecular weight is 248 g/mol. The molecular weight excluding hydrogens is 224 g/mol. The minimum atomic E-state index is -0.630. The van der Waals surface area contributed by atoms with Gasteiger partial charge in [-0.05, 0) is 20.3 Å². The predicted octanol–water partition coefficient (Wildman–Crippen LogP) is 0.772. The minimum Gasteiger partial charge on any atom is -0.393 e. The zero-order valence-electron chi connectivity index (χ0n) is 10.5. The summed E-state index contributed by atoms with van der Waals surface area (Å²) in [6.45, 7) is 6.81. The largest absolute Gasteiger partial charge is 0.393 e. The molecule has 0 saturated heterocycles. The van der Waals surface area contributed by atoms with Crippen LogP contribution < -0.4 is 5.73 Å². The molecule has 0 unspecified atom stereocenters. The highest BCUT2D eigenvalue weighted by Crippen LogP contribution is 2.08. The highest BCUT2D eigenvalue weighted by atomic mass is 32.1. The molecule has 96 valence electrons. The van der Waals surface area contributed by atoms with Crippen LogP contribution in [0.25, 0.3) is 0 Å². The lowest BCUT2D eigenvalue weighted by atomic mass is 10.1. The van der Waals surface area contributed by atoms with Gasteiger partial charge in [0.25, 0.3) is 0 Å². The van der Waals surface area contributed by atoms with Crippen molar-refractivity contribution in [3.8, 4) is 0 Å². The van der Waals surface area contributed by atoms with Gasteiger partial charge in [-0.2, -0.15) is 0 Å². The highest BCUT2D eigenvalue weighted by Gasteiger charge is 2.14. The summed E-state index contributed by atoms with van der Waals surface area (Å²) in [4.78, 5) is 2.74. The second-order valence-corrected chi connectivity index (χ2v) is 5.14. The van der Waals surface area contributed by atoms with Crippen molar-refractivity contribution in [2.75, 3.05) is 33.4 Å². The Bertz CT molecular complexity index is 205. The van der Waals surface area contributed by atoms with Gasteiger partial charge in [0.2, 0.25) is 0 Å². The maximum atomic E-state index is 9.66. The fraction of sp³-hybridized carbons (Fsp3) is 0.909. The Balaban J connectivity index is 3.94. The van der Waals surface area contributed by atoms with Crippen molar-refractivity contribution in [2.45, 2.75) is 32.3 Å². The SMILES string of the molecule is COCCN(CCC(N)=S)CCC(C)(C)O. The van der Waals surface area contributed by atoms with Gasteiger partial charge in [0.05, 0.1) is 17.2 Å². The summed E-state index contributed by atoms with van der Waals surface area (Å²) in [5, 5.41) is 9.66. The Labute approximate surface area is 104 Å². The van der Waals surface area contributed by atoms with Gasteiger partial charge in [-0.1, -0.05) is 12.2 Å². The van der Waals surface area contributed by atoms with Gasteiger partial charge in [0, 0.05) is 33.2 Å². The molecule has 0 aliphatic carbocycles. The van der Waals surface area contributed by atoms with E-state index in [1.165, 1.54) is 0 Å². The van der Waals surface area contributed by atoms with Crippen LogP contribution in [-0.2, 0) is 4.74 Å². The van der Waals surface area contributed by atoms with Crippen molar-refractivity contribution in [3.05, 3.63) is 0 Å². The summed E-state index contributed by atoms with van der Waals surface area (Å²) < 4.78 is 5.04. The van der Waals surface area contributed by atoms with E-state index < -0.39 is 5.60 Å². The summed E-state index contributed by atoms with van der Waals surface area (Å²) in [5.41, 5.74) is 4.85. The van der Waals surface area contributed by atoms with E-state index in [4.69, 9.17) is 22.7 Å². The van der Waals surface area contributed by atoms with E-state index in [0.717, 1.165) is 26.1 Å². The third-order valence-electron chi connectivity index (χ3n) is 2.33. The lowest BCUT2D eigenvalue weighted by Gasteiger charge is -2.25. The molecule has 0 spiro atoms. The molecule has 0 bridgehead atoms. The van der Waals surface area contributed by atoms with Crippen LogP contribution in [-0.4, -0.2) is 53.9 Å². The van der Waals surface area contributed by atoms with E-state index in [0.29, 0.717) is 18.0 Å². The van der Waals surface area contributed by atoms with E-state index in [2.05, 4.69) is 4.90 Å². The third kappa shape index (κ3) is 10.3. The first kappa shape index (κ1) is 15.8. The predicted molar refractivity (Wildman–Crippen MR) is 70.6 cm³/mol. The number of rotatable bonds is 9. The number of thiocarbonyl (C=S) groups is 1. The van der Waals surface area contributed by atoms with Crippen LogP contribution in [0.3, 0.4) is 0 Å². The highest BCUT2D eigenvalue weighted by molar-refractivity contribution is 7.80. The first-order valence-corrected chi connectivity index (χ1v) is 5.98. The second-order valence-electron chi connectivity index (χ2n) is 4.61. The zero-order valence-corrected chi connectivity index (χ0v) is 11.3. The number of methoxy groups -OCH3 is 1. The van der Waals surface area contributed by atoms with Gasteiger partial charge in [-0.3, -0.25) is 0 Å². The normalized spacial score (nSPS) is 12.1. The fourth-order valence-corrected chi connectivity index (χ4v) is 1.35. The Hall–Kier alpha value is -0.230. The van der Waals surface area contributed by atoms with Crippen LogP contribution in [0.4, 0.5) is 0 Å². The summed E-state index contributed by atoms with van der Waals surface area (Å²) in [6, 6.07) is 0. The molecule has 3 N–H and O–H groups in total. The molecule has 0 radical (unpaired) electrons. The van der Waals surface area contributed by atoms with Gasteiger partial charge < -0.3 is 20.5 Å². The molecule has 0 atom stereocenters. The number of nitrogens with zero attached hydrogens (tertiary/aromatic N) is 1. The van der Waals surface area contributed by atoms with E-state index in [9.17, 15) is 5.11 Å². The maximum absolute atomic E-state index is 9.66. The lowest BCUT2D eigenvalue weighted by Crippen LogP contribution is -2.35. The number of hydrogen-bond donors (Lipinski definition) is 2. The Kier molecular flexibility index (Phi) is 7.83. The number of hydrogen-bond acceptors (Lipinski definition) is 4. The van der Waals surface area contributed by atoms with E-state index in [1.807, 2.05) is 13.8 Å². The average Bonchev–Trinajstić information content (AvgIpc) is 2.15. The monoisotopic (exact) mass is 248 g/mol. The molecule has 5 heteroatoms. The number of ether oxygens (including phenoxy) is 1. The van der Waals surface area contributed by atoms with Crippen LogP contribution in [0.5, 0.6) is 0 Å². The summed E-state index contributed by atoms with van der Waals surface area (Å²) >= 11 is 4.85. The fourth-order valence-electron chi connectivity index (χ4n) is 1.26. The van der Waals surface area contributed by atoms with Crippen molar-refractivity contribution in [2.24, 2.45) is 5.73 Å². The second kappa shape index (κ2) is 7.95. The Morgan fingerprint density at radius 2 is 2.00 bits per heavy atom. The first-order chi connectivity index (χ1) is 7.35. The molecule has 0 aliphatic rings. The topological polar surface area (TPSA) is 58.7 Å². The molecule has 0 amide bonds. The standard InChI is InChI=1S/C11H24N2O2S/c1-11(2,14)5-7-13(8-9-15-3)6-4-10(12)16/h14H,4-9H2,1-3H3,(H2,12,16). The molecule has 0 saturated carbocycles. The van der Waals surface area contributed by atoms with Crippen molar-refractivity contribution >= 4 is 17.2 Å². The number of aliphatic hydroxyl groups is 1. The molecule has 16 heavy (non-hydrogen) atoms. The van der Waals surface area contributed by atoms with Crippen LogP contribution >= 0.6 is 12.2 Å². The molecule has 0 aromatic rings. The van der Waals surface area contributed by atoms with Crippen LogP contribution in [0.15, 0.2) is 0 Å². The van der Waals surface area contributed by atoms with E-state index in [-0.39, 0.29) is 0 Å². The molecule has 0 rings (SSSR count). The maximum Gasteiger partial charge on any atom is 0.0740 e. The van der Waals surface area contributed by atoms with Crippen molar-refractivity contribution in [1.29, 1.82) is 0 Å². The molecule has 0 aliphatic heterocycles. The van der Waals surface area contributed by atoms with Gasteiger partial charge in [0.1, 0.15) is 0 Å². The van der Waals surface area contributed by atoms with Gasteiger partial charge in [0.15, 0.2) is 0 Å². The molecular formula is C11H24N2O2S. The molecule has 4 nitrogen and oxygen atoms in total. The van der Waals surface area contributed by atoms with Crippen LogP contribution in [0.1, 0.15) is 26.7 Å². The van der Waals surface area contributed by atoms with Gasteiger partial charge >= 0.3 is 0 Å². The molecule has 0 aromatic carbocycles. The van der Waals surface area contributed by atoms with Crippen LogP contribution in [0.2, 0.25) is 0 Å². The van der Waals surface area contributed by atoms with Crippen LogP contribution in [0, 0.1) is 0 Å². The number of nitrogens with two attached hydrogens (primary N) is 1. The first-order valence-electron chi connectivity index (χ1n) is 5.57. The quantitative estimate of drug-likeness (QED) is 0.590. The van der Waals surface area contributed by atoms with Gasteiger partial charge in [-0.15, -0.1) is 0 Å². The summed E-state index contributed by atoms with van der Waals surface area (Å²) in [6.07, 6.45) is 1.44. The Morgan fingerprint density at radius 3 is 2.44 bits per heavy atom. The van der Waals surface area contributed by atoms with Crippen molar-refractivity contribution < 1.29 is 9.84 Å². The lowest BCUT2D eigenvalue weighted by molar-refractivity contribution is 0.0535. The smallest absolute Gasteiger partial charge is 0.0740 e. The van der Waals surface area contributed by atoms with E-state index >= 15 is 0 Å². The van der Waals surface area contributed by atoms with E-state index in [1.54, 1.807) is 7.11 Å². The molecule has 0 heterocycles. The molecule has 0 fully saturated rings. The Morgan fingerprint density at radius 1 is 1.38 bits per heavy atom. The summed E-state index contributed by atoms with van der Waals surface area (Å²) in [7, 11) is 1.68. The zero-order chi connectivity index (χ0) is 12.6. The van der Waals surface area contributed by atoms with Gasteiger partial charge in [-0.25, -0.2) is 0 Å². The third-order valence-corrected chi connectivity index (χ3v) is 2.53. The minimum absolute atomic E-state index is 0.533. The van der Waals surface area contributed by atoms with Crippen molar-refractivity contribution in [3.63, 3.8) is 0 Å². The van der Waals surface area contributed by atoms with Crippen molar-refractivity contribution in [1.82, 2.24) is 4.90 Å². The molecule has 0 aromatic heterocycles. The summed E-state index contributed by atoms with van der Waals surface area (Å²) in [5.74, 6) is 0.